The minimum Gasteiger partial charge on any atom is -0.512 e. The Balaban J connectivity index is 1.73. The van der Waals surface area contributed by atoms with Gasteiger partial charge in [0.2, 0.25) is 0 Å². The number of hydrogen-bond acceptors (Lipinski definition) is 3. The number of fused-ring (bicyclic) bond motifs is 5. The summed E-state index contributed by atoms with van der Waals surface area (Å²) in [5, 5.41) is 21.2. The van der Waals surface area contributed by atoms with Gasteiger partial charge in [-0.25, -0.2) is 0 Å². The molecule has 0 heterocycles. The molecule has 4 aliphatic carbocycles. The van der Waals surface area contributed by atoms with Gasteiger partial charge in [0, 0.05) is 11.1 Å². The summed E-state index contributed by atoms with van der Waals surface area (Å²) < 4.78 is 0. The van der Waals surface area contributed by atoms with Crippen LogP contribution < -0.4 is 5.73 Å². The van der Waals surface area contributed by atoms with Crippen LogP contribution in [0.15, 0.2) is 35.8 Å². The predicted molar refractivity (Wildman–Crippen MR) is 86.8 cm³/mol. The second kappa shape index (κ2) is 4.41. The fourth-order valence-corrected chi connectivity index (χ4v) is 6.01. The van der Waals surface area contributed by atoms with E-state index in [1.165, 1.54) is 0 Å². The van der Waals surface area contributed by atoms with Crippen LogP contribution in [-0.4, -0.2) is 16.3 Å². The number of aliphatic hydroxyl groups excluding tert-OH is 2. The van der Waals surface area contributed by atoms with Crippen LogP contribution in [0.3, 0.4) is 0 Å². The van der Waals surface area contributed by atoms with Crippen LogP contribution in [-0.2, 0) is 0 Å². The number of hydrogen-bond donors (Lipinski definition) is 3. The molecule has 0 aromatic heterocycles. The Kier molecular flexibility index (Phi) is 2.88. The molecule has 120 valence electrons. The van der Waals surface area contributed by atoms with E-state index >= 15 is 0 Å². The third kappa shape index (κ3) is 1.66. The highest BCUT2D eigenvalue weighted by Gasteiger charge is 2.60. The molecule has 0 aromatic carbocycles. The lowest BCUT2D eigenvalue weighted by Crippen LogP contribution is -2.56. The molecule has 4 aliphatic rings. The summed E-state index contributed by atoms with van der Waals surface area (Å²) >= 11 is 0. The van der Waals surface area contributed by atoms with Crippen LogP contribution in [0.25, 0.3) is 0 Å². The Hall–Kier alpha value is -1.22. The molecule has 0 spiro atoms. The van der Waals surface area contributed by atoms with Crippen LogP contribution in [0.4, 0.5) is 0 Å². The summed E-state index contributed by atoms with van der Waals surface area (Å²) in [7, 11) is 0. The summed E-state index contributed by atoms with van der Waals surface area (Å²) in [6.07, 6.45) is 12.0. The van der Waals surface area contributed by atoms with Crippen LogP contribution in [0.1, 0.15) is 39.5 Å². The lowest BCUT2D eigenvalue weighted by molar-refractivity contribution is -0.122. The van der Waals surface area contributed by atoms with Crippen molar-refractivity contribution in [3.05, 3.63) is 35.8 Å². The highest BCUT2D eigenvalue weighted by Crippen LogP contribution is 2.64. The maximum Gasteiger partial charge on any atom is 0.0944 e. The van der Waals surface area contributed by atoms with Gasteiger partial charge in [-0.05, 0) is 66.9 Å². The molecule has 2 fully saturated rings. The summed E-state index contributed by atoms with van der Waals surface area (Å²) in [6, 6.07) is 0. The molecule has 4 rings (SSSR count). The molecule has 0 saturated heterocycles. The van der Waals surface area contributed by atoms with Crippen LogP contribution in [0.5, 0.6) is 0 Å². The van der Waals surface area contributed by atoms with Crippen molar-refractivity contribution in [1.82, 2.24) is 0 Å². The van der Waals surface area contributed by atoms with E-state index in [9.17, 15) is 10.2 Å². The van der Waals surface area contributed by atoms with E-state index in [4.69, 9.17) is 5.73 Å². The molecule has 0 aliphatic heterocycles. The molecule has 4 N–H and O–H groups in total. The zero-order chi connectivity index (χ0) is 15.7. The molecular weight excluding hydrogens is 274 g/mol. The van der Waals surface area contributed by atoms with Crippen LogP contribution >= 0.6 is 0 Å². The molecule has 0 amide bonds. The van der Waals surface area contributed by atoms with E-state index < -0.39 is 0 Å². The van der Waals surface area contributed by atoms with Crippen molar-refractivity contribution in [3.63, 3.8) is 0 Å². The molecule has 0 aromatic rings. The number of allylic oxidation sites excluding steroid dienone is 5. The minimum atomic E-state index is -0.289. The summed E-state index contributed by atoms with van der Waals surface area (Å²) in [5.41, 5.74) is 6.78. The fraction of sp³-hybridized carbons (Fsp3) is 0.684. The minimum absolute atomic E-state index is 0.0896. The first-order valence-corrected chi connectivity index (χ1v) is 8.60. The molecule has 0 radical (unpaired) electrons. The predicted octanol–water partition coefficient (Wildman–Crippen LogP) is 3.28. The first-order valence-electron chi connectivity index (χ1n) is 8.60. The van der Waals surface area contributed by atoms with Crippen LogP contribution in [0.2, 0.25) is 0 Å². The molecule has 3 nitrogen and oxygen atoms in total. The zero-order valence-corrected chi connectivity index (χ0v) is 13.5. The van der Waals surface area contributed by atoms with Crippen molar-refractivity contribution >= 4 is 0 Å². The molecule has 7 atom stereocenters. The topological polar surface area (TPSA) is 66.5 Å². The van der Waals surface area contributed by atoms with Crippen molar-refractivity contribution < 1.29 is 10.2 Å². The van der Waals surface area contributed by atoms with E-state index in [1.807, 2.05) is 12.2 Å². The van der Waals surface area contributed by atoms with Crippen molar-refractivity contribution in [2.75, 3.05) is 0 Å². The van der Waals surface area contributed by atoms with Crippen molar-refractivity contribution in [3.8, 4) is 0 Å². The van der Waals surface area contributed by atoms with E-state index in [0.29, 0.717) is 23.5 Å². The average Bonchev–Trinajstić information content (AvgIpc) is 2.77. The third-order valence-electron chi connectivity index (χ3n) is 7.44. The highest BCUT2D eigenvalue weighted by molar-refractivity contribution is 5.30. The normalized spacial score (nSPS) is 53.1. The maximum absolute atomic E-state index is 10.9. The third-order valence-corrected chi connectivity index (χ3v) is 7.44. The quantitative estimate of drug-likeness (QED) is 0.643. The van der Waals surface area contributed by atoms with E-state index in [-0.39, 0.29) is 22.9 Å². The molecular formula is C19H27NO2. The molecule has 0 bridgehead atoms. The van der Waals surface area contributed by atoms with Crippen molar-refractivity contribution in [2.45, 2.75) is 45.6 Å². The van der Waals surface area contributed by atoms with Gasteiger partial charge in [0.05, 0.1) is 11.9 Å². The largest absolute Gasteiger partial charge is 0.512 e. The maximum atomic E-state index is 10.9. The van der Waals surface area contributed by atoms with Crippen molar-refractivity contribution in [1.29, 1.82) is 0 Å². The monoisotopic (exact) mass is 301 g/mol. The Labute approximate surface area is 132 Å². The smallest absolute Gasteiger partial charge is 0.0944 e. The second-order valence-electron chi connectivity index (χ2n) is 8.35. The van der Waals surface area contributed by atoms with Gasteiger partial charge >= 0.3 is 0 Å². The fourth-order valence-electron chi connectivity index (χ4n) is 6.01. The van der Waals surface area contributed by atoms with Gasteiger partial charge in [-0.2, -0.15) is 0 Å². The Morgan fingerprint density at radius 3 is 2.82 bits per heavy atom. The Morgan fingerprint density at radius 2 is 2.05 bits per heavy atom. The summed E-state index contributed by atoms with van der Waals surface area (Å²) in [5.74, 6) is 2.01. The zero-order valence-electron chi connectivity index (χ0n) is 13.5. The number of nitrogens with two attached hydrogens (primary N) is 1. The molecule has 3 heteroatoms. The SMILES string of the molecule is C[C@]12C=CC(N)=C[C@H]1C[C@H](O)[C@@H]1[C@@H]2CC[C@]2(C)C(O)=CC[C@@H]12. The van der Waals surface area contributed by atoms with Gasteiger partial charge in [0.25, 0.3) is 0 Å². The highest BCUT2D eigenvalue weighted by atomic mass is 16.3. The van der Waals surface area contributed by atoms with E-state index in [1.54, 1.807) is 0 Å². The Bertz CT molecular complexity index is 592. The Morgan fingerprint density at radius 1 is 1.27 bits per heavy atom. The molecule has 2 saturated carbocycles. The first-order chi connectivity index (χ1) is 10.4. The van der Waals surface area contributed by atoms with Crippen LogP contribution in [0, 0.1) is 34.5 Å². The number of rotatable bonds is 0. The van der Waals surface area contributed by atoms with Gasteiger partial charge in [0.15, 0.2) is 0 Å². The van der Waals surface area contributed by atoms with Crippen molar-refractivity contribution in [2.24, 2.45) is 40.2 Å². The summed E-state index contributed by atoms with van der Waals surface area (Å²) in [4.78, 5) is 0. The van der Waals surface area contributed by atoms with Gasteiger partial charge in [-0.15, -0.1) is 0 Å². The standard InChI is InChI=1S/C19H27NO2/c1-18-7-5-12(20)9-11(18)10-15(21)17-13-3-4-16(22)19(13,2)8-6-14(17)18/h4-5,7,9,11,13-15,17,21-22H,3,6,8,10,20H2,1-2H3/t11-,13-,14-,15-,17-,18-,19-/m0/s1. The van der Waals surface area contributed by atoms with Gasteiger partial charge in [-0.1, -0.05) is 26.0 Å². The molecule has 22 heavy (non-hydrogen) atoms. The van der Waals surface area contributed by atoms with Gasteiger partial charge in [-0.3, -0.25) is 0 Å². The van der Waals surface area contributed by atoms with E-state index in [2.05, 4.69) is 26.0 Å². The first kappa shape index (κ1) is 14.4. The average molecular weight is 301 g/mol. The second-order valence-corrected chi connectivity index (χ2v) is 8.35. The summed E-state index contributed by atoms with van der Waals surface area (Å²) in [6.45, 7) is 4.52. The van der Waals surface area contributed by atoms with E-state index in [0.717, 1.165) is 31.4 Å². The molecule has 0 unspecified atom stereocenters. The van der Waals surface area contributed by atoms with Gasteiger partial charge in [0.1, 0.15) is 0 Å². The lowest BCUT2D eigenvalue weighted by Gasteiger charge is -2.59. The van der Waals surface area contributed by atoms with Gasteiger partial charge < -0.3 is 15.9 Å². The number of aliphatic hydroxyl groups is 2. The lowest BCUT2D eigenvalue weighted by atomic mass is 9.46.